The molecule has 34 heavy (non-hydrogen) atoms. The summed E-state index contributed by atoms with van der Waals surface area (Å²) in [7, 11) is 0. The van der Waals surface area contributed by atoms with E-state index >= 15 is 0 Å². The van der Waals surface area contributed by atoms with Crippen LogP contribution in [0.25, 0.3) is 0 Å². The van der Waals surface area contributed by atoms with Gasteiger partial charge in [0, 0.05) is 5.56 Å². The van der Waals surface area contributed by atoms with Crippen LogP contribution in [0.15, 0.2) is 41.2 Å². The lowest BCUT2D eigenvalue weighted by Crippen LogP contribution is -2.17. The van der Waals surface area contributed by atoms with Crippen molar-refractivity contribution in [2.24, 2.45) is 0 Å². The summed E-state index contributed by atoms with van der Waals surface area (Å²) in [6.45, 7) is 7.71. The zero-order valence-electron chi connectivity index (χ0n) is 20.3. The topological polar surface area (TPSA) is 97.7 Å². The van der Waals surface area contributed by atoms with Gasteiger partial charge in [0.1, 0.15) is 0 Å². The molecule has 7 heteroatoms. The second-order valence-corrected chi connectivity index (χ2v) is 7.87. The van der Waals surface area contributed by atoms with Crippen LogP contribution < -0.4 is 25.0 Å². The Labute approximate surface area is 201 Å². The lowest BCUT2D eigenvalue weighted by atomic mass is 10.1. The number of rotatable bonds is 14. The highest BCUT2D eigenvalue weighted by molar-refractivity contribution is 6.05. The van der Waals surface area contributed by atoms with Gasteiger partial charge in [-0.1, -0.05) is 40.0 Å². The van der Waals surface area contributed by atoms with E-state index in [-0.39, 0.29) is 11.3 Å². The smallest absolute Gasteiger partial charge is 0.256 e. The van der Waals surface area contributed by atoms with Gasteiger partial charge in [-0.05, 0) is 55.7 Å². The Kier molecular flexibility index (Phi) is 11.5. The zero-order chi connectivity index (χ0) is 24.8. The van der Waals surface area contributed by atoms with Crippen molar-refractivity contribution >= 4 is 11.6 Å². The molecule has 1 N–H and O–H groups in total. The number of carbonyl (C=O) groups excluding carboxylic acids is 1. The third-order valence-electron chi connectivity index (χ3n) is 5.02. The van der Waals surface area contributed by atoms with Crippen LogP contribution in [0, 0.1) is 11.3 Å². The first-order valence-electron chi connectivity index (χ1n) is 12.0. The number of anilines is 1. The predicted octanol–water partition coefficient (Wildman–Crippen LogP) is 5.71. The summed E-state index contributed by atoms with van der Waals surface area (Å²) in [4.78, 5) is 25.4. The van der Waals surface area contributed by atoms with E-state index in [1.165, 1.54) is 24.3 Å². The highest BCUT2D eigenvalue weighted by atomic mass is 16.5. The first kappa shape index (κ1) is 26.7. The minimum atomic E-state index is -0.484. The van der Waals surface area contributed by atoms with Gasteiger partial charge in [-0.15, -0.1) is 0 Å². The van der Waals surface area contributed by atoms with E-state index in [0.717, 1.165) is 38.5 Å². The number of benzene rings is 1. The predicted molar refractivity (Wildman–Crippen MR) is 133 cm³/mol. The first-order chi connectivity index (χ1) is 16.5. The SMILES string of the molecule is CCCCOc1cc(C(=O)Nc2ccc(C#N)ccc2=O)cc(OCCCC)c1OCCCC. The van der Waals surface area contributed by atoms with Crippen molar-refractivity contribution in [2.45, 2.75) is 59.3 Å². The van der Waals surface area contributed by atoms with Gasteiger partial charge in [0.2, 0.25) is 11.2 Å². The van der Waals surface area contributed by atoms with Crippen LogP contribution in [0.4, 0.5) is 5.69 Å². The number of nitriles is 1. The molecule has 1 amide bonds. The fraction of sp³-hybridized carbons (Fsp3) is 0.444. The molecule has 2 aromatic carbocycles. The lowest BCUT2D eigenvalue weighted by molar-refractivity contribution is 0.102. The molecule has 0 bridgehead atoms. The molecule has 182 valence electrons. The third kappa shape index (κ3) is 8.11. The number of nitrogens with one attached hydrogen (secondary N) is 1. The minimum absolute atomic E-state index is 0.0803. The molecule has 0 fully saturated rings. The highest BCUT2D eigenvalue weighted by Crippen LogP contribution is 2.39. The monoisotopic (exact) mass is 466 g/mol. The number of nitrogens with zero attached hydrogens (tertiary/aromatic N) is 1. The van der Waals surface area contributed by atoms with Gasteiger partial charge in [0.25, 0.3) is 5.91 Å². The molecule has 0 radical (unpaired) electrons. The summed E-state index contributed by atoms with van der Waals surface area (Å²) in [5.41, 5.74) is 0.293. The fourth-order valence-electron chi connectivity index (χ4n) is 2.97. The number of unbranched alkanes of at least 4 members (excludes halogenated alkanes) is 3. The maximum Gasteiger partial charge on any atom is 0.256 e. The summed E-state index contributed by atoms with van der Waals surface area (Å²) < 4.78 is 18.0. The Morgan fingerprint density at radius 2 is 1.38 bits per heavy atom. The van der Waals surface area contributed by atoms with Gasteiger partial charge < -0.3 is 19.5 Å². The Bertz CT molecular complexity index is 1010. The Morgan fingerprint density at radius 3 is 1.91 bits per heavy atom. The molecular formula is C27H34N2O5. The van der Waals surface area contributed by atoms with Crippen molar-refractivity contribution in [1.82, 2.24) is 0 Å². The molecule has 7 nitrogen and oxygen atoms in total. The number of hydrogen-bond donors (Lipinski definition) is 1. The molecule has 0 saturated heterocycles. The summed E-state index contributed by atoms with van der Waals surface area (Å²) >= 11 is 0. The number of carbonyl (C=O) groups is 1. The van der Waals surface area contributed by atoms with Gasteiger partial charge in [0.05, 0.1) is 37.1 Å². The Balaban J connectivity index is 2.42. The van der Waals surface area contributed by atoms with Crippen molar-refractivity contribution < 1.29 is 19.0 Å². The number of hydrogen-bond acceptors (Lipinski definition) is 6. The molecule has 0 unspecified atom stereocenters. The van der Waals surface area contributed by atoms with Gasteiger partial charge in [-0.3, -0.25) is 9.59 Å². The zero-order valence-corrected chi connectivity index (χ0v) is 20.3. The molecule has 0 aliphatic carbocycles. The van der Waals surface area contributed by atoms with Crippen molar-refractivity contribution in [3.8, 4) is 23.3 Å². The highest BCUT2D eigenvalue weighted by Gasteiger charge is 2.19. The van der Waals surface area contributed by atoms with Crippen LogP contribution in [0.3, 0.4) is 0 Å². The first-order valence-corrected chi connectivity index (χ1v) is 12.0. The minimum Gasteiger partial charge on any atom is -0.490 e. The lowest BCUT2D eigenvalue weighted by Gasteiger charge is -2.18. The number of amides is 1. The molecule has 0 saturated carbocycles. The molecule has 0 aliphatic heterocycles. The Hall–Kier alpha value is -3.53. The van der Waals surface area contributed by atoms with Gasteiger partial charge in [0.15, 0.2) is 11.5 Å². The number of ether oxygens (including phenoxy) is 3. The van der Waals surface area contributed by atoms with Crippen LogP contribution in [-0.4, -0.2) is 25.7 Å². The average molecular weight is 467 g/mol. The summed E-state index contributed by atoms with van der Waals surface area (Å²) in [5.74, 6) is 0.891. The van der Waals surface area contributed by atoms with Crippen LogP contribution in [0.5, 0.6) is 17.2 Å². The van der Waals surface area contributed by atoms with Crippen molar-refractivity contribution in [1.29, 1.82) is 5.26 Å². The van der Waals surface area contributed by atoms with E-state index in [4.69, 9.17) is 19.5 Å². The summed E-state index contributed by atoms with van der Waals surface area (Å²) in [6.07, 6.45) is 5.52. The van der Waals surface area contributed by atoms with Crippen LogP contribution in [0.2, 0.25) is 0 Å². The molecule has 0 aliphatic rings. The normalized spacial score (nSPS) is 10.3. The molecule has 0 heterocycles. The van der Waals surface area contributed by atoms with E-state index in [9.17, 15) is 9.59 Å². The quantitative estimate of drug-likeness (QED) is 0.358. The van der Waals surface area contributed by atoms with Crippen LogP contribution in [0.1, 0.15) is 75.2 Å². The van der Waals surface area contributed by atoms with E-state index in [1.54, 1.807) is 12.1 Å². The summed E-state index contributed by atoms with van der Waals surface area (Å²) in [6, 6.07) is 10.8. The third-order valence-corrected chi connectivity index (χ3v) is 5.02. The van der Waals surface area contributed by atoms with E-state index < -0.39 is 11.3 Å². The largest absolute Gasteiger partial charge is 0.490 e. The standard InChI is InChI=1S/C27H34N2O5/c1-4-7-14-32-24-17-21(18-25(33-15-8-5-2)26(24)34-16-9-6-3)27(31)29-22-12-10-20(19-28)11-13-23(22)30/h10-13,17-18H,4-9,14-16H2,1-3H3,(H,29,30,31). The second-order valence-electron chi connectivity index (χ2n) is 7.87. The maximum absolute atomic E-state index is 13.1. The maximum atomic E-state index is 13.1. The summed E-state index contributed by atoms with van der Waals surface area (Å²) in [5, 5.41) is 11.7. The molecule has 2 aromatic rings. The van der Waals surface area contributed by atoms with Crippen molar-refractivity contribution in [3.63, 3.8) is 0 Å². The Morgan fingerprint density at radius 1 is 0.853 bits per heavy atom. The molecular weight excluding hydrogens is 432 g/mol. The van der Waals surface area contributed by atoms with Crippen molar-refractivity contribution in [3.05, 3.63) is 57.7 Å². The molecule has 2 rings (SSSR count). The van der Waals surface area contributed by atoms with Crippen molar-refractivity contribution in [2.75, 3.05) is 25.1 Å². The van der Waals surface area contributed by atoms with Gasteiger partial charge >= 0.3 is 0 Å². The van der Waals surface area contributed by atoms with E-state index in [0.29, 0.717) is 42.6 Å². The van der Waals surface area contributed by atoms with Gasteiger partial charge in [-0.2, -0.15) is 5.26 Å². The van der Waals surface area contributed by atoms with Crippen LogP contribution in [-0.2, 0) is 0 Å². The van der Waals surface area contributed by atoms with E-state index in [1.807, 2.05) is 6.07 Å². The van der Waals surface area contributed by atoms with Gasteiger partial charge in [-0.25, -0.2) is 0 Å². The average Bonchev–Trinajstić information content (AvgIpc) is 3.01. The van der Waals surface area contributed by atoms with E-state index in [2.05, 4.69) is 26.1 Å². The molecule has 0 spiro atoms. The molecule has 0 atom stereocenters. The van der Waals surface area contributed by atoms with Crippen LogP contribution >= 0.6 is 0 Å². The second kappa shape index (κ2) is 14.6. The molecule has 0 aromatic heterocycles. The fourth-order valence-corrected chi connectivity index (χ4v) is 2.97.